The molecular formula is C12H26N2O. The van der Waals surface area contributed by atoms with Crippen LogP contribution in [0.4, 0.5) is 0 Å². The standard InChI is InChI=1S/C12H26N2O/c1-11-10-14(7-5-6-13-11)8-9-15-12(2,3)4/h11,13H,5-10H2,1-4H3. The van der Waals surface area contributed by atoms with Crippen LogP contribution in [0.5, 0.6) is 0 Å². The molecule has 3 heteroatoms. The first kappa shape index (κ1) is 12.9. The summed E-state index contributed by atoms with van der Waals surface area (Å²) in [4.78, 5) is 2.50. The van der Waals surface area contributed by atoms with Crippen molar-refractivity contribution < 1.29 is 4.74 Å². The topological polar surface area (TPSA) is 24.5 Å². The van der Waals surface area contributed by atoms with Crippen molar-refractivity contribution in [3.05, 3.63) is 0 Å². The summed E-state index contributed by atoms with van der Waals surface area (Å²) in [5, 5.41) is 3.50. The second kappa shape index (κ2) is 5.83. The minimum absolute atomic E-state index is 0.00425. The SMILES string of the molecule is CC1CN(CCOC(C)(C)C)CCCN1. The van der Waals surface area contributed by atoms with Gasteiger partial charge in [-0.2, -0.15) is 0 Å². The molecule has 0 spiro atoms. The average molecular weight is 214 g/mol. The van der Waals surface area contributed by atoms with Crippen molar-refractivity contribution in [2.24, 2.45) is 0 Å². The van der Waals surface area contributed by atoms with Crippen molar-refractivity contribution in [3.63, 3.8) is 0 Å². The van der Waals surface area contributed by atoms with Gasteiger partial charge in [0.2, 0.25) is 0 Å². The molecule has 1 aliphatic rings. The van der Waals surface area contributed by atoms with Crippen molar-refractivity contribution in [3.8, 4) is 0 Å². The molecule has 1 aliphatic heterocycles. The first-order chi connectivity index (χ1) is 6.97. The van der Waals surface area contributed by atoms with Gasteiger partial charge in [0.1, 0.15) is 0 Å². The highest BCUT2D eigenvalue weighted by molar-refractivity contribution is 4.72. The molecule has 0 amide bonds. The van der Waals surface area contributed by atoms with Crippen LogP contribution in [0.25, 0.3) is 0 Å². The molecule has 0 saturated carbocycles. The molecular weight excluding hydrogens is 188 g/mol. The number of hydrogen-bond acceptors (Lipinski definition) is 3. The van der Waals surface area contributed by atoms with E-state index in [1.807, 2.05) is 0 Å². The number of hydrogen-bond donors (Lipinski definition) is 1. The fourth-order valence-corrected chi connectivity index (χ4v) is 1.88. The van der Waals surface area contributed by atoms with Crippen LogP contribution in [-0.4, -0.2) is 49.3 Å². The molecule has 1 heterocycles. The van der Waals surface area contributed by atoms with Gasteiger partial charge in [-0.05, 0) is 47.2 Å². The molecule has 1 N–H and O–H groups in total. The van der Waals surface area contributed by atoms with Crippen LogP contribution < -0.4 is 5.32 Å². The molecule has 90 valence electrons. The third kappa shape index (κ3) is 6.13. The van der Waals surface area contributed by atoms with Crippen LogP contribution in [0, 0.1) is 0 Å². The Labute approximate surface area is 94.2 Å². The monoisotopic (exact) mass is 214 g/mol. The molecule has 1 atom stereocenters. The summed E-state index contributed by atoms with van der Waals surface area (Å²) >= 11 is 0. The molecule has 1 fully saturated rings. The summed E-state index contributed by atoms with van der Waals surface area (Å²) in [6.07, 6.45) is 1.25. The molecule has 3 nitrogen and oxygen atoms in total. The number of ether oxygens (including phenoxy) is 1. The molecule has 15 heavy (non-hydrogen) atoms. The van der Waals surface area contributed by atoms with Crippen LogP contribution in [-0.2, 0) is 4.74 Å². The van der Waals surface area contributed by atoms with Gasteiger partial charge in [-0.3, -0.25) is 4.90 Å². The number of nitrogens with zero attached hydrogens (tertiary/aromatic N) is 1. The lowest BCUT2D eigenvalue weighted by Crippen LogP contribution is -2.37. The van der Waals surface area contributed by atoms with E-state index in [9.17, 15) is 0 Å². The lowest BCUT2D eigenvalue weighted by Gasteiger charge is -2.25. The maximum Gasteiger partial charge on any atom is 0.0600 e. The fourth-order valence-electron chi connectivity index (χ4n) is 1.88. The van der Waals surface area contributed by atoms with Gasteiger partial charge in [0.25, 0.3) is 0 Å². The Morgan fingerprint density at radius 2 is 2.13 bits per heavy atom. The Hall–Kier alpha value is -0.120. The van der Waals surface area contributed by atoms with E-state index in [-0.39, 0.29) is 5.60 Å². The second-order valence-corrected chi connectivity index (χ2v) is 5.47. The Morgan fingerprint density at radius 3 is 2.80 bits per heavy atom. The van der Waals surface area contributed by atoms with E-state index < -0.39 is 0 Å². The van der Waals surface area contributed by atoms with Crippen LogP contribution in [0.3, 0.4) is 0 Å². The third-order valence-electron chi connectivity index (χ3n) is 2.62. The zero-order chi connectivity index (χ0) is 11.3. The van der Waals surface area contributed by atoms with Crippen LogP contribution in [0.15, 0.2) is 0 Å². The van der Waals surface area contributed by atoms with E-state index in [0.29, 0.717) is 6.04 Å². The van der Waals surface area contributed by atoms with Gasteiger partial charge in [-0.15, -0.1) is 0 Å². The predicted octanol–water partition coefficient (Wildman–Crippen LogP) is 1.49. The Kier molecular flexibility index (Phi) is 5.03. The van der Waals surface area contributed by atoms with E-state index in [4.69, 9.17) is 4.74 Å². The van der Waals surface area contributed by atoms with E-state index in [1.165, 1.54) is 13.0 Å². The third-order valence-corrected chi connectivity index (χ3v) is 2.62. The quantitative estimate of drug-likeness (QED) is 0.770. The van der Waals surface area contributed by atoms with Gasteiger partial charge in [0, 0.05) is 19.1 Å². The summed E-state index contributed by atoms with van der Waals surface area (Å²) in [5.41, 5.74) is -0.00425. The minimum Gasteiger partial charge on any atom is -0.375 e. The van der Waals surface area contributed by atoms with Gasteiger partial charge in [-0.25, -0.2) is 0 Å². The van der Waals surface area contributed by atoms with Crippen molar-refractivity contribution in [1.82, 2.24) is 10.2 Å². The Balaban J connectivity index is 2.19. The molecule has 0 aliphatic carbocycles. The van der Waals surface area contributed by atoms with Crippen LogP contribution in [0.2, 0.25) is 0 Å². The summed E-state index contributed by atoms with van der Waals surface area (Å²) in [5.74, 6) is 0. The van der Waals surface area contributed by atoms with E-state index >= 15 is 0 Å². The maximum absolute atomic E-state index is 5.75. The molecule has 1 rings (SSSR count). The van der Waals surface area contributed by atoms with Crippen molar-refractivity contribution in [2.75, 3.05) is 32.8 Å². The number of rotatable bonds is 3. The van der Waals surface area contributed by atoms with E-state index in [1.54, 1.807) is 0 Å². The normalized spacial score (nSPS) is 25.2. The zero-order valence-corrected chi connectivity index (χ0v) is 10.7. The van der Waals surface area contributed by atoms with Crippen molar-refractivity contribution in [1.29, 1.82) is 0 Å². The molecule has 1 unspecified atom stereocenters. The Morgan fingerprint density at radius 1 is 1.40 bits per heavy atom. The maximum atomic E-state index is 5.75. The highest BCUT2D eigenvalue weighted by Crippen LogP contribution is 2.07. The molecule has 0 aromatic carbocycles. The van der Waals surface area contributed by atoms with Gasteiger partial charge in [0.05, 0.1) is 12.2 Å². The molecule has 0 radical (unpaired) electrons. The van der Waals surface area contributed by atoms with Crippen LogP contribution in [0.1, 0.15) is 34.1 Å². The largest absolute Gasteiger partial charge is 0.375 e. The van der Waals surface area contributed by atoms with E-state index in [0.717, 1.165) is 26.2 Å². The van der Waals surface area contributed by atoms with Crippen LogP contribution >= 0.6 is 0 Å². The first-order valence-electron chi connectivity index (χ1n) is 6.07. The molecule has 0 bridgehead atoms. The lowest BCUT2D eigenvalue weighted by molar-refractivity contribution is -0.0130. The summed E-state index contributed by atoms with van der Waals surface area (Å²) < 4.78 is 5.75. The van der Waals surface area contributed by atoms with Gasteiger partial charge in [0.15, 0.2) is 0 Å². The Bertz CT molecular complexity index is 177. The highest BCUT2D eigenvalue weighted by atomic mass is 16.5. The highest BCUT2D eigenvalue weighted by Gasteiger charge is 2.15. The van der Waals surface area contributed by atoms with Gasteiger partial charge >= 0.3 is 0 Å². The lowest BCUT2D eigenvalue weighted by atomic mass is 10.2. The summed E-state index contributed by atoms with van der Waals surface area (Å²) in [7, 11) is 0. The summed E-state index contributed by atoms with van der Waals surface area (Å²) in [6.45, 7) is 14.0. The predicted molar refractivity (Wildman–Crippen MR) is 64.2 cm³/mol. The second-order valence-electron chi connectivity index (χ2n) is 5.47. The molecule has 0 aromatic rings. The number of nitrogens with one attached hydrogen (secondary N) is 1. The average Bonchev–Trinajstić information content (AvgIpc) is 2.27. The van der Waals surface area contributed by atoms with Gasteiger partial charge < -0.3 is 10.1 Å². The van der Waals surface area contributed by atoms with Crippen molar-refractivity contribution in [2.45, 2.75) is 45.8 Å². The molecule has 1 saturated heterocycles. The van der Waals surface area contributed by atoms with Gasteiger partial charge in [-0.1, -0.05) is 0 Å². The summed E-state index contributed by atoms with van der Waals surface area (Å²) in [6, 6.07) is 0.613. The molecule has 0 aromatic heterocycles. The zero-order valence-electron chi connectivity index (χ0n) is 10.7. The van der Waals surface area contributed by atoms with E-state index in [2.05, 4.69) is 37.9 Å². The fraction of sp³-hybridized carbons (Fsp3) is 1.00. The van der Waals surface area contributed by atoms with Crippen molar-refractivity contribution >= 4 is 0 Å². The first-order valence-corrected chi connectivity index (χ1v) is 6.07. The smallest absolute Gasteiger partial charge is 0.0600 e. The minimum atomic E-state index is -0.00425.